The number of hydrogen-bond acceptors (Lipinski definition) is 3. The van der Waals surface area contributed by atoms with Crippen molar-refractivity contribution in [3.05, 3.63) is 64.3 Å². The summed E-state index contributed by atoms with van der Waals surface area (Å²) in [7, 11) is 0. The standard InChI is InChI=1S/C18H9F5N2O2/c1-16(26)15-12(8-24)14(4-3-13(15)17(20,21)18(16,22)23)27-11-6-9(19)5-10(7-11)25-2/h3-7,26H,1H3. The summed E-state index contributed by atoms with van der Waals surface area (Å²) in [6, 6.07) is 5.86. The van der Waals surface area contributed by atoms with E-state index in [-0.39, 0.29) is 11.4 Å². The van der Waals surface area contributed by atoms with E-state index in [1.807, 2.05) is 0 Å². The van der Waals surface area contributed by atoms with Crippen molar-refractivity contribution < 1.29 is 31.8 Å². The molecule has 0 radical (unpaired) electrons. The summed E-state index contributed by atoms with van der Waals surface area (Å²) in [5.41, 5.74) is -6.35. The maximum atomic E-state index is 14.1. The van der Waals surface area contributed by atoms with Crippen LogP contribution in [0.25, 0.3) is 4.85 Å². The summed E-state index contributed by atoms with van der Waals surface area (Å²) in [6.07, 6.45) is 0. The SMILES string of the molecule is [C-]#[N+]c1cc(F)cc(Oc2ccc3c(c2C#N)C(C)(O)C(F)(F)C3(F)F)c1. The fourth-order valence-electron chi connectivity index (χ4n) is 2.98. The summed E-state index contributed by atoms with van der Waals surface area (Å²) in [5, 5.41) is 19.4. The van der Waals surface area contributed by atoms with Crippen LogP contribution in [0.5, 0.6) is 11.5 Å². The van der Waals surface area contributed by atoms with Crippen LogP contribution in [0.1, 0.15) is 23.6 Å². The Hall–Kier alpha value is -3.17. The van der Waals surface area contributed by atoms with Gasteiger partial charge in [0.25, 0.3) is 0 Å². The molecule has 0 spiro atoms. The van der Waals surface area contributed by atoms with E-state index >= 15 is 0 Å². The maximum absolute atomic E-state index is 14.1. The van der Waals surface area contributed by atoms with Crippen LogP contribution < -0.4 is 4.74 Å². The van der Waals surface area contributed by atoms with E-state index in [9.17, 15) is 32.3 Å². The lowest BCUT2D eigenvalue weighted by atomic mass is 9.91. The second-order valence-corrected chi connectivity index (χ2v) is 6.05. The molecule has 0 saturated heterocycles. The molecule has 9 heteroatoms. The normalized spacial score (nSPS) is 21.8. The second kappa shape index (κ2) is 5.66. The second-order valence-electron chi connectivity index (χ2n) is 6.05. The first kappa shape index (κ1) is 18.6. The third-order valence-electron chi connectivity index (χ3n) is 4.32. The number of aliphatic hydroxyl groups is 1. The summed E-state index contributed by atoms with van der Waals surface area (Å²) in [6.45, 7) is 7.37. The number of hydrogen-bond donors (Lipinski definition) is 1. The molecule has 4 nitrogen and oxygen atoms in total. The first-order valence-electron chi connectivity index (χ1n) is 7.39. The lowest BCUT2D eigenvalue weighted by molar-refractivity contribution is -0.280. The van der Waals surface area contributed by atoms with Crippen molar-refractivity contribution in [2.75, 3.05) is 0 Å². The van der Waals surface area contributed by atoms with E-state index in [2.05, 4.69) is 4.85 Å². The molecule has 0 saturated carbocycles. The molecule has 2 aromatic carbocycles. The van der Waals surface area contributed by atoms with Gasteiger partial charge in [-0.2, -0.15) is 22.8 Å². The Morgan fingerprint density at radius 3 is 2.44 bits per heavy atom. The minimum atomic E-state index is -4.86. The van der Waals surface area contributed by atoms with Gasteiger partial charge in [-0.1, -0.05) is 0 Å². The molecule has 27 heavy (non-hydrogen) atoms. The molecule has 0 aromatic heterocycles. The fraction of sp³-hybridized carbons (Fsp3) is 0.222. The molecule has 0 heterocycles. The Labute approximate surface area is 149 Å². The minimum Gasteiger partial charge on any atom is -0.457 e. The van der Waals surface area contributed by atoms with Gasteiger partial charge in [-0.25, -0.2) is 9.24 Å². The van der Waals surface area contributed by atoms with E-state index in [0.717, 1.165) is 24.3 Å². The van der Waals surface area contributed by atoms with Gasteiger partial charge in [0, 0.05) is 17.2 Å². The fourth-order valence-corrected chi connectivity index (χ4v) is 2.98. The molecule has 138 valence electrons. The minimum absolute atomic E-state index is 0.130. The predicted octanol–water partition coefficient (Wildman–Crippen LogP) is 4.99. The summed E-state index contributed by atoms with van der Waals surface area (Å²) in [4.78, 5) is 3.02. The Bertz CT molecular complexity index is 1040. The highest BCUT2D eigenvalue weighted by Gasteiger charge is 2.75. The smallest absolute Gasteiger partial charge is 0.346 e. The Balaban J connectivity index is 2.20. The number of halogens is 5. The van der Waals surface area contributed by atoms with Crippen LogP contribution in [0, 0.1) is 23.7 Å². The van der Waals surface area contributed by atoms with Gasteiger partial charge in [-0.05, 0) is 31.2 Å². The van der Waals surface area contributed by atoms with Gasteiger partial charge in [0.2, 0.25) is 0 Å². The monoisotopic (exact) mass is 380 g/mol. The zero-order valence-corrected chi connectivity index (χ0v) is 13.5. The van der Waals surface area contributed by atoms with Crippen molar-refractivity contribution >= 4 is 5.69 Å². The van der Waals surface area contributed by atoms with E-state index < -0.39 is 45.7 Å². The summed E-state index contributed by atoms with van der Waals surface area (Å²) < 4.78 is 75.2. The average Bonchev–Trinajstić information content (AvgIpc) is 2.69. The first-order valence-corrected chi connectivity index (χ1v) is 7.39. The Morgan fingerprint density at radius 1 is 1.19 bits per heavy atom. The largest absolute Gasteiger partial charge is 0.457 e. The lowest BCUT2D eigenvalue weighted by Gasteiger charge is -2.29. The van der Waals surface area contributed by atoms with Crippen LogP contribution in [-0.4, -0.2) is 11.0 Å². The van der Waals surface area contributed by atoms with Crippen molar-refractivity contribution in [1.29, 1.82) is 5.26 Å². The maximum Gasteiger partial charge on any atom is 0.346 e. The highest BCUT2D eigenvalue weighted by atomic mass is 19.3. The molecule has 0 aliphatic heterocycles. The van der Waals surface area contributed by atoms with Crippen molar-refractivity contribution in [2.45, 2.75) is 24.4 Å². The van der Waals surface area contributed by atoms with Gasteiger partial charge in [0.1, 0.15) is 28.9 Å². The molecule has 1 aliphatic carbocycles. The van der Waals surface area contributed by atoms with E-state index in [4.69, 9.17) is 11.3 Å². The highest BCUT2D eigenvalue weighted by Crippen LogP contribution is 2.61. The first-order chi connectivity index (χ1) is 12.5. The van der Waals surface area contributed by atoms with Gasteiger partial charge in [0.15, 0.2) is 11.3 Å². The number of ether oxygens (including phenoxy) is 1. The molecule has 3 rings (SSSR count). The van der Waals surface area contributed by atoms with Crippen molar-refractivity contribution in [3.63, 3.8) is 0 Å². The molecule has 1 N–H and O–H groups in total. The van der Waals surface area contributed by atoms with Gasteiger partial charge < -0.3 is 9.84 Å². The van der Waals surface area contributed by atoms with Crippen molar-refractivity contribution in [3.8, 4) is 17.6 Å². The van der Waals surface area contributed by atoms with Gasteiger partial charge in [-0.15, -0.1) is 0 Å². The van der Waals surface area contributed by atoms with Crippen LogP contribution >= 0.6 is 0 Å². The summed E-state index contributed by atoms with van der Waals surface area (Å²) in [5.74, 6) is -11.1. The number of fused-ring (bicyclic) bond motifs is 1. The lowest BCUT2D eigenvalue weighted by Crippen LogP contribution is -2.47. The van der Waals surface area contributed by atoms with E-state index in [1.54, 1.807) is 0 Å². The predicted molar refractivity (Wildman–Crippen MR) is 82.3 cm³/mol. The molecule has 1 atom stereocenters. The van der Waals surface area contributed by atoms with E-state index in [1.165, 1.54) is 6.07 Å². The van der Waals surface area contributed by atoms with Crippen molar-refractivity contribution in [2.24, 2.45) is 0 Å². The average molecular weight is 380 g/mol. The number of nitrogens with zero attached hydrogens (tertiary/aromatic N) is 2. The van der Waals surface area contributed by atoms with Gasteiger partial charge in [-0.3, -0.25) is 0 Å². The molecular weight excluding hydrogens is 371 g/mol. The Kier molecular flexibility index (Phi) is 3.90. The zero-order chi connectivity index (χ0) is 20.2. The number of benzene rings is 2. The van der Waals surface area contributed by atoms with Crippen LogP contribution in [-0.2, 0) is 11.5 Å². The van der Waals surface area contributed by atoms with E-state index in [0.29, 0.717) is 13.0 Å². The topological polar surface area (TPSA) is 57.6 Å². The molecule has 0 fully saturated rings. The zero-order valence-electron chi connectivity index (χ0n) is 13.5. The molecular formula is C18H9F5N2O2. The van der Waals surface area contributed by atoms with Crippen LogP contribution in [0.2, 0.25) is 0 Å². The molecule has 2 aromatic rings. The quantitative estimate of drug-likeness (QED) is 0.590. The molecule has 0 amide bonds. The third kappa shape index (κ3) is 2.43. The van der Waals surface area contributed by atoms with Gasteiger partial charge >= 0.3 is 11.8 Å². The molecule has 1 aliphatic rings. The summed E-state index contributed by atoms with van der Waals surface area (Å²) >= 11 is 0. The third-order valence-corrected chi connectivity index (χ3v) is 4.32. The molecule has 0 bridgehead atoms. The highest BCUT2D eigenvalue weighted by molar-refractivity contribution is 5.61. The number of nitriles is 1. The number of alkyl halides is 4. The number of rotatable bonds is 2. The van der Waals surface area contributed by atoms with Crippen LogP contribution in [0.3, 0.4) is 0 Å². The van der Waals surface area contributed by atoms with Crippen molar-refractivity contribution in [1.82, 2.24) is 0 Å². The Morgan fingerprint density at radius 2 is 1.85 bits per heavy atom. The van der Waals surface area contributed by atoms with Crippen LogP contribution in [0.15, 0.2) is 30.3 Å². The molecule has 1 unspecified atom stereocenters. The van der Waals surface area contributed by atoms with Gasteiger partial charge in [0.05, 0.1) is 6.57 Å². The van der Waals surface area contributed by atoms with Crippen LogP contribution in [0.4, 0.5) is 27.6 Å².